The van der Waals surface area contributed by atoms with Crippen molar-refractivity contribution < 1.29 is 33.9 Å². The highest BCUT2D eigenvalue weighted by atomic mass is 17.5. The summed E-state index contributed by atoms with van der Waals surface area (Å²) < 4.78 is 9.92. The molecule has 0 heterocycles. The van der Waals surface area contributed by atoms with Gasteiger partial charge in [-0.1, -0.05) is 26.0 Å². The highest BCUT2D eigenvalue weighted by molar-refractivity contribution is 5.88. The lowest BCUT2D eigenvalue weighted by molar-refractivity contribution is -0.452. The van der Waals surface area contributed by atoms with E-state index in [4.69, 9.17) is 9.47 Å². The van der Waals surface area contributed by atoms with Gasteiger partial charge in [0, 0.05) is 13.5 Å². The lowest BCUT2D eigenvalue weighted by Crippen LogP contribution is -2.25. The molecule has 0 amide bonds. The summed E-state index contributed by atoms with van der Waals surface area (Å²) in [6.45, 7) is 7.87. The molecule has 0 atom stereocenters. The Hall–Kier alpha value is -2.12. The zero-order chi connectivity index (χ0) is 18.2. The Morgan fingerprint density at radius 1 is 1.08 bits per heavy atom. The second-order valence-corrected chi connectivity index (χ2v) is 6.11. The molecule has 0 N–H and O–H groups in total. The van der Waals surface area contributed by atoms with E-state index in [2.05, 4.69) is 14.8 Å². The summed E-state index contributed by atoms with van der Waals surface area (Å²) in [5.41, 5.74) is 0.944. The van der Waals surface area contributed by atoms with Crippen molar-refractivity contribution in [3.05, 3.63) is 35.4 Å². The van der Waals surface area contributed by atoms with Crippen LogP contribution < -0.4 is 0 Å². The van der Waals surface area contributed by atoms with Gasteiger partial charge in [-0.3, -0.25) is 4.89 Å². The maximum absolute atomic E-state index is 11.7. The van der Waals surface area contributed by atoms with Crippen LogP contribution in [-0.2, 0) is 24.3 Å². The largest absolute Gasteiger partial charge is 0.543 e. The first-order chi connectivity index (χ1) is 11.2. The van der Waals surface area contributed by atoms with Gasteiger partial charge >= 0.3 is 12.1 Å². The van der Waals surface area contributed by atoms with Crippen LogP contribution >= 0.6 is 0 Å². The van der Waals surface area contributed by atoms with Gasteiger partial charge in [0.25, 0.3) is 0 Å². The van der Waals surface area contributed by atoms with Gasteiger partial charge in [-0.25, -0.2) is 14.5 Å². The van der Waals surface area contributed by atoms with E-state index in [1.165, 1.54) is 0 Å². The molecule has 0 saturated carbocycles. The fourth-order valence-electron chi connectivity index (χ4n) is 1.63. The minimum Gasteiger partial charge on any atom is -0.432 e. The first-order valence-corrected chi connectivity index (χ1v) is 7.62. The molecule has 24 heavy (non-hydrogen) atoms. The number of hydrogen-bond donors (Lipinski definition) is 0. The Kier molecular flexibility index (Phi) is 7.67. The van der Waals surface area contributed by atoms with E-state index >= 15 is 0 Å². The van der Waals surface area contributed by atoms with E-state index in [0.717, 1.165) is 5.56 Å². The second-order valence-electron chi connectivity index (χ2n) is 6.11. The molecule has 0 radical (unpaired) electrons. The van der Waals surface area contributed by atoms with Crippen LogP contribution in [0, 0.1) is 0 Å². The van der Waals surface area contributed by atoms with E-state index in [1.54, 1.807) is 19.2 Å². The molecule has 0 spiro atoms. The van der Waals surface area contributed by atoms with E-state index in [0.29, 0.717) is 12.3 Å². The van der Waals surface area contributed by atoms with Gasteiger partial charge in [-0.2, -0.15) is 0 Å². The number of carbonyl (C=O) groups excluding carboxylic acids is 2. The Balaban J connectivity index is 2.28. The summed E-state index contributed by atoms with van der Waals surface area (Å²) >= 11 is 0. The van der Waals surface area contributed by atoms with Crippen molar-refractivity contribution in [3.8, 4) is 0 Å². The van der Waals surface area contributed by atoms with Crippen molar-refractivity contribution in [2.24, 2.45) is 0 Å². The van der Waals surface area contributed by atoms with Crippen LogP contribution in [0.3, 0.4) is 0 Å². The van der Waals surface area contributed by atoms with E-state index in [9.17, 15) is 9.59 Å². The smallest absolute Gasteiger partial charge is 0.432 e. The Labute approximate surface area is 141 Å². The SMILES string of the molecule is COC(C)(C)CCOC(=O)OOOC(=O)c1ccc(C(C)C)cc1. The number of ether oxygens (including phenoxy) is 2. The molecule has 0 aliphatic rings. The third-order valence-electron chi connectivity index (χ3n) is 3.50. The molecule has 0 aliphatic carbocycles. The van der Waals surface area contributed by atoms with Crippen LogP contribution in [0.25, 0.3) is 0 Å². The van der Waals surface area contributed by atoms with Crippen LogP contribution in [0.4, 0.5) is 4.79 Å². The average molecular weight is 340 g/mol. The zero-order valence-electron chi connectivity index (χ0n) is 14.7. The molecule has 134 valence electrons. The van der Waals surface area contributed by atoms with Gasteiger partial charge in [0.05, 0.1) is 22.8 Å². The predicted molar refractivity (Wildman–Crippen MR) is 85.2 cm³/mol. The van der Waals surface area contributed by atoms with Gasteiger partial charge in [0.1, 0.15) is 0 Å². The molecule has 7 nitrogen and oxygen atoms in total. The molecule has 1 aromatic rings. The van der Waals surface area contributed by atoms with Gasteiger partial charge in [0.15, 0.2) is 0 Å². The van der Waals surface area contributed by atoms with Gasteiger partial charge < -0.3 is 9.47 Å². The maximum Gasteiger partial charge on any atom is 0.543 e. The number of carbonyl (C=O) groups is 2. The molecule has 0 unspecified atom stereocenters. The van der Waals surface area contributed by atoms with Crippen molar-refractivity contribution in [3.63, 3.8) is 0 Å². The molecule has 0 fully saturated rings. The van der Waals surface area contributed by atoms with E-state index in [-0.39, 0.29) is 12.2 Å². The third kappa shape index (κ3) is 6.97. The number of methoxy groups -OCH3 is 1. The summed E-state index contributed by atoms with van der Waals surface area (Å²) in [6.07, 6.45) is -0.634. The van der Waals surface area contributed by atoms with Crippen molar-refractivity contribution in [2.75, 3.05) is 13.7 Å². The molecular formula is C17H24O7. The van der Waals surface area contributed by atoms with E-state index < -0.39 is 17.7 Å². The van der Waals surface area contributed by atoms with E-state index in [1.807, 2.05) is 39.8 Å². The first kappa shape index (κ1) is 19.9. The van der Waals surface area contributed by atoms with Gasteiger partial charge in [0.2, 0.25) is 0 Å². The Bertz CT molecular complexity index is 534. The van der Waals surface area contributed by atoms with Crippen LogP contribution in [0.15, 0.2) is 24.3 Å². The molecule has 0 aliphatic heterocycles. The van der Waals surface area contributed by atoms with Crippen molar-refractivity contribution >= 4 is 12.1 Å². The lowest BCUT2D eigenvalue weighted by atomic mass is 10.0. The predicted octanol–water partition coefficient (Wildman–Crippen LogP) is 3.78. The molecule has 1 aromatic carbocycles. The first-order valence-electron chi connectivity index (χ1n) is 7.62. The van der Waals surface area contributed by atoms with Crippen molar-refractivity contribution in [1.29, 1.82) is 0 Å². The minimum absolute atomic E-state index is 0.0770. The summed E-state index contributed by atoms with van der Waals surface area (Å²) in [6, 6.07) is 6.83. The number of benzene rings is 1. The van der Waals surface area contributed by atoms with Crippen LogP contribution in [0.1, 0.15) is 56.0 Å². The fraction of sp³-hybridized carbons (Fsp3) is 0.529. The molecule has 0 bridgehead atoms. The molecular weight excluding hydrogens is 316 g/mol. The third-order valence-corrected chi connectivity index (χ3v) is 3.50. The van der Waals surface area contributed by atoms with Gasteiger partial charge in [-0.05, 0) is 37.5 Å². The summed E-state index contributed by atoms with van der Waals surface area (Å²) in [7, 11) is 1.56. The fourth-order valence-corrected chi connectivity index (χ4v) is 1.63. The molecule has 1 rings (SSSR count). The molecule has 7 heteroatoms. The summed E-state index contributed by atoms with van der Waals surface area (Å²) in [5.74, 6) is -0.425. The quantitative estimate of drug-likeness (QED) is 0.405. The summed E-state index contributed by atoms with van der Waals surface area (Å²) in [5, 5.41) is 4.14. The average Bonchev–Trinajstić information content (AvgIpc) is 2.54. The Morgan fingerprint density at radius 3 is 2.25 bits per heavy atom. The van der Waals surface area contributed by atoms with Crippen molar-refractivity contribution in [2.45, 2.75) is 45.6 Å². The van der Waals surface area contributed by atoms with Crippen LogP contribution in [-0.4, -0.2) is 31.4 Å². The van der Waals surface area contributed by atoms with Crippen molar-refractivity contribution in [1.82, 2.24) is 0 Å². The summed E-state index contributed by atoms with van der Waals surface area (Å²) in [4.78, 5) is 31.5. The topological polar surface area (TPSA) is 80.3 Å². The minimum atomic E-state index is -1.11. The second kappa shape index (κ2) is 9.24. The maximum atomic E-state index is 11.7. The molecule has 0 saturated heterocycles. The van der Waals surface area contributed by atoms with Gasteiger partial charge in [-0.15, -0.1) is 0 Å². The Morgan fingerprint density at radius 2 is 1.71 bits per heavy atom. The molecule has 0 aromatic heterocycles. The number of hydrogen-bond acceptors (Lipinski definition) is 7. The lowest BCUT2D eigenvalue weighted by Gasteiger charge is -2.21. The zero-order valence-corrected chi connectivity index (χ0v) is 14.7. The standard InChI is InChI=1S/C17H24O7/c1-12(2)13-6-8-14(9-7-13)15(18)22-24-23-16(19)21-11-10-17(3,4)20-5/h6-9,12H,10-11H2,1-5H3. The highest BCUT2D eigenvalue weighted by Crippen LogP contribution is 2.15. The highest BCUT2D eigenvalue weighted by Gasteiger charge is 2.18. The monoisotopic (exact) mass is 340 g/mol. The number of rotatable bonds is 8. The van der Waals surface area contributed by atoms with Crippen LogP contribution in [0.5, 0.6) is 0 Å². The van der Waals surface area contributed by atoms with Crippen LogP contribution in [0.2, 0.25) is 0 Å². The normalized spacial score (nSPS) is 11.2.